The molecule has 4 aromatic rings. The van der Waals surface area contributed by atoms with Gasteiger partial charge in [-0.2, -0.15) is 27.9 Å². The number of aromatic nitrogens is 6. The van der Waals surface area contributed by atoms with Gasteiger partial charge < -0.3 is 0 Å². The molecule has 0 unspecified atom stereocenters. The Hall–Kier alpha value is -4.11. The normalized spacial score (nSPS) is 10.8. The number of hydrogen-bond acceptors (Lipinski definition) is 6. The first-order valence-corrected chi connectivity index (χ1v) is 8.97. The molecule has 0 amide bonds. The number of carbonyl (C=O) groups excluding carboxylic acids is 2. The molecule has 0 radical (unpaired) electrons. The molecule has 1 aromatic carbocycles. The maximum absolute atomic E-state index is 13.4. The highest BCUT2D eigenvalue weighted by atomic mass is 19.4. The molecule has 3 heterocycles. The van der Waals surface area contributed by atoms with E-state index in [1.807, 2.05) is 6.07 Å². The van der Waals surface area contributed by atoms with Gasteiger partial charge >= 0.3 is 12.3 Å². The Kier molecular flexibility index (Phi) is 6.37. The molecular weight excluding hydrogens is 413 g/mol. The van der Waals surface area contributed by atoms with E-state index in [0.717, 1.165) is 10.2 Å². The summed E-state index contributed by atoms with van der Waals surface area (Å²) in [6.07, 6.45) is 0.643. The fourth-order valence-electron chi connectivity index (χ4n) is 2.91. The molecule has 4 rings (SSSR count). The Morgan fingerprint density at radius 2 is 1.77 bits per heavy atom. The minimum absolute atomic E-state index is 0.162. The van der Waals surface area contributed by atoms with E-state index < -0.39 is 11.9 Å². The molecule has 0 aliphatic heterocycles. The molecule has 0 spiro atoms. The van der Waals surface area contributed by atoms with Crippen LogP contribution in [0.3, 0.4) is 0 Å². The number of nitrogens with zero attached hydrogens (tertiary/aromatic N) is 6. The van der Waals surface area contributed by atoms with Crippen molar-refractivity contribution >= 4 is 6.15 Å². The molecular formula is C20H15F3N6O2. The van der Waals surface area contributed by atoms with E-state index in [1.165, 1.54) is 10.9 Å². The maximum atomic E-state index is 13.4. The van der Waals surface area contributed by atoms with Gasteiger partial charge in [-0.1, -0.05) is 30.3 Å². The summed E-state index contributed by atoms with van der Waals surface area (Å²) in [7, 11) is 0. The second-order valence-corrected chi connectivity index (χ2v) is 6.15. The standard InChI is InChI=1S/C19H15F3N6.CO2/c1-2-13-11-24-28(18(13)19(20,21)22)15-8-6-14(7-9-15)16-12-27(26-25-16)17-5-3-4-10-23-17;2-1-3/h3-12H,2H2,1H3;. The number of aryl methyl sites for hydroxylation is 1. The van der Waals surface area contributed by atoms with Gasteiger partial charge in [-0.15, -0.1) is 5.10 Å². The van der Waals surface area contributed by atoms with E-state index in [2.05, 4.69) is 20.4 Å². The molecule has 0 aliphatic rings. The van der Waals surface area contributed by atoms with Crippen LogP contribution in [-0.4, -0.2) is 35.9 Å². The zero-order chi connectivity index (χ0) is 22.4. The Morgan fingerprint density at radius 3 is 2.35 bits per heavy atom. The summed E-state index contributed by atoms with van der Waals surface area (Å²) in [5.41, 5.74) is 1.05. The highest BCUT2D eigenvalue weighted by Gasteiger charge is 2.38. The number of alkyl halides is 3. The van der Waals surface area contributed by atoms with Gasteiger partial charge in [0.05, 0.1) is 18.1 Å². The van der Waals surface area contributed by atoms with Gasteiger partial charge in [0.1, 0.15) is 5.69 Å². The van der Waals surface area contributed by atoms with Crippen LogP contribution in [0.25, 0.3) is 22.8 Å². The lowest BCUT2D eigenvalue weighted by Gasteiger charge is -2.12. The van der Waals surface area contributed by atoms with Gasteiger partial charge in [-0.3, -0.25) is 0 Å². The highest BCUT2D eigenvalue weighted by Crippen LogP contribution is 2.34. The van der Waals surface area contributed by atoms with Crippen molar-refractivity contribution in [2.24, 2.45) is 0 Å². The second kappa shape index (κ2) is 9.14. The molecule has 31 heavy (non-hydrogen) atoms. The van der Waals surface area contributed by atoms with E-state index in [1.54, 1.807) is 55.7 Å². The number of hydrogen-bond donors (Lipinski definition) is 0. The molecule has 3 aromatic heterocycles. The van der Waals surface area contributed by atoms with Gasteiger partial charge in [-0.25, -0.2) is 14.3 Å². The minimum Gasteiger partial charge on any atom is -0.237 e. The number of benzene rings is 1. The lowest BCUT2D eigenvalue weighted by atomic mass is 10.1. The fourth-order valence-corrected chi connectivity index (χ4v) is 2.91. The summed E-state index contributed by atoms with van der Waals surface area (Å²) in [5.74, 6) is 0.622. The van der Waals surface area contributed by atoms with Crippen molar-refractivity contribution in [3.8, 4) is 22.8 Å². The summed E-state index contributed by atoms with van der Waals surface area (Å²) in [4.78, 5) is 20.4. The molecule has 8 nitrogen and oxygen atoms in total. The third kappa shape index (κ3) is 4.73. The van der Waals surface area contributed by atoms with Crippen LogP contribution in [0.2, 0.25) is 0 Å². The van der Waals surface area contributed by atoms with Crippen molar-refractivity contribution in [3.63, 3.8) is 0 Å². The maximum Gasteiger partial charge on any atom is 0.433 e. The van der Waals surface area contributed by atoms with Crippen LogP contribution in [0.1, 0.15) is 18.2 Å². The van der Waals surface area contributed by atoms with Gasteiger partial charge in [0.2, 0.25) is 0 Å². The molecule has 0 saturated carbocycles. The quantitative estimate of drug-likeness (QED) is 0.494. The Balaban J connectivity index is 0.000000858. The number of halogens is 3. The van der Waals surface area contributed by atoms with Crippen molar-refractivity contribution in [2.45, 2.75) is 19.5 Å². The van der Waals surface area contributed by atoms with E-state index in [0.29, 0.717) is 17.2 Å². The lowest BCUT2D eigenvalue weighted by Crippen LogP contribution is -2.15. The first kappa shape index (κ1) is 21.6. The fraction of sp³-hybridized carbons (Fsp3) is 0.150. The summed E-state index contributed by atoms with van der Waals surface area (Å²) >= 11 is 0. The topological polar surface area (TPSA) is 95.6 Å². The van der Waals surface area contributed by atoms with Gasteiger partial charge in [0.15, 0.2) is 11.5 Å². The SMILES string of the molecule is CCc1cnn(-c2ccc(-c3cn(-c4ccccn4)nn3)cc2)c1C(F)(F)F.O=C=O. The van der Waals surface area contributed by atoms with Gasteiger partial charge in [-0.05, 0) is 30.7 Å². The van der Waals surface area contributed by atoms with Crippen LogP contribution in [0.4, 0.5) is 13.2 Å². The van der Waals surface area contributed by atoms with Crippen molar-refractivity contribution < 1.29 is 22.8 Å². The number of rotatable bonds is 4. The first-order chi connectivity index (χ1) is 14.9. The van der Waals surface area contributed by atoms with Gasteiger partial charge in [0, 0.05) is 17.3 Å². The zero-order valence-electron chi connectivity index (χ0n) is 16.1. The predicted octanol–water partition coefficient (Wildman–Crippen LogP) is 3.51. The van der Waals surface area contributed by atoms with E-state index in [4.69, 9.17) is 9.59 Å². The van der Waals surface area contributed by atoms with E-state index in [9.17, 15) is 13.2 Å². The van der Waals surface area contributed by atoms with Crippen molar-refractivity contribution in [3.05, 3.63) is 72.3 Å². The smallest absolute Gasteiger partial charge is 0.237 e. The van der Waals surface area contributed by atoms with Crippen LogP contribution >= 0.6 is 0 Å². The van der Waals surface area contributed by atoms with Crippen LogP contribution in [0.15, 0.2) is 61.1 Å². The summed E-state index contributed by atoms with van der Waals surface area (Å²) in [6.45, 7) is 1.67. The lowest BCUT2D eigenvalue weighted by molar-refractivity contribution is -0.191. The monoisotopic (exact) mass is 428 g/mol. The van der Waals surface area contributed by atoms with E-state index >= 15 is 0 Å². The molecule has 0 aliphatic carbocycles. The molecule has 0 fully saturated rings. The third-order valence-corrected chi connectivity index (χ3v) is 4.28. The van der Waals surface area contributed by atoms with Crippen molar-refractivity contribution in [2.75, 3.05) is 0 Å². The minimum atomic E-state index is -4.48. The van der Waals surface area contributed by atoms with Crippen LogP contribution in [-0.2, 0) is 22.2 Å². The molecule has 0 saturated heterocycles. The van der Waals surface area contributed by atoms with Gasteiger partial charge in [0.25, 0.3) is 0 Å². The predicted molar refractivity (Wildman–Crippen MR) is 101 cm³/mol. The summed E-state index contributed by atoms with van der Waals surface area (Å²) in [6, 6.07) is 12.0. The number of pyridine rings is 1. The summed E-state index contributed by atoms with van der Waals surface area (Å²) < 4.78 is 42.8. The molecule has 0 bridgehead atoms. The van der Waals surface area contributed by atoms with Crippen molar-refractivity contribution in [1.82, 2.24) is 29.8 Å². The van der Waals surface area contributed by atoms with Crippen molar-refractivity contribution in [1.29, 1.82) is 0 Å². The zero-order valence-corrected chi connectivity index (χ0v) is 16.1. The van der Waals surface area contributed by atoms with E-state index in [-0.39, 0.29) is 18.1 Å². The van der Waals surface area contributed by atoms with Crippen LogP contribution in [0, 0.1) is 0 Å². The largest absolute Gasteiger partial charge is 0.433 e. The average Bonchev–Trinajstić information content (AvgIpc) is 3.42. The molecule has 0 N–H and O–H groups in total. The van der Waals surface area contributed by atoms with Crippen LogP contribution < -0.4 is 0 Å². The third-order valence-electron chi connectivity index (χ3n) is 4.28. The van der Waals surface area contributed by atoms with Crippen LogP contribution in [0.5, 0.6) is 0 Å². The summed E-state index contributed by atoms with van der Waals surface area (Å²) in [5, 5.41) is 12.1. The first-order valence-electron chi connectivity index (χ1n) is 8.97. The molecule has 0 atom stereocenters. The highest BCUT2D eigenvalue weighted by molar-refractivity contribution is 5.60. The Morgan fingerprint density at radius 1 is 1.06 bits per heavy atom. The second-order valence-electron chi connectivity index (χ2n) is 6.15. The Labute approximate surface area is 174 Å². The average molecular weight is 428 g/mol. The Bertz CT molecular complexity index is 1180. The molecule has 11 heteroatoms. The molecule has 158 valence electrons.